The van der Waals surface area contributed by atoms with Crippen molar-refractivity contribution in [2.24, 2.45) is 0 Å². The Hall–Kier alpha value is -0.0900. The molecule has 0 amide bonds. The largest absolute Gasteiger partial charge is 0.301 e. The highest BCUT2D eigenvalue weighted by molar-refractivity contribution is 7.16. The van der Waals surface area contributed by atoms with E-state index in [2.05, 4.69) is 22.8 Å². The molecule has 0 saturated carbocycles. The van der Waals surface area contributed by atoms with Gasteiger partial charge in [0.1, 0.15) is 0 Å². The van der Waals surface area contributed by atoms with Crippen LogP contribution < -0.4 is 0 Å². The van der Waals surface area contributed by atoms with Gasteiger partial charge in [-0.1, -0.05) is 18.5 Å². The van der Waals surface area contributed by atoms with Crippen LogP contribution in [0.5, 0.6) is 0 Å². The molecule has 84 valence electrons. The maximum Gasteiger partial charge on any atom is 0.0931 e. The van der Waals surface area contributed by atoms with Gasteiger partial charge in [0, 0.05) is 37.6 Å². The van der Waals surface area contributed by atoms with E-state index in [4.69, 9.17) is 11.6 Å². The molecule has 1 saturated heterocycles. The van der Waals surface area contributed by atoms with Crippen molar-refractivity contribution in [1.29, 1.82) is 0 Å². The van der Waals surface area contributed by atoms with Crippen LogP contribution in [0.3, 0.4) is 0 Å². The van der Waals surface area contributed by atoms with Gasteiger partial charge >= 0.3 is 0 Å². The summed E-state index contributed by atoms with van der Waals surface area (Å²) in [6, 6.07) is 4.13. The molecule has 0 bridgehead atoms. The van der Waals surface area contributed by atoms with E-state index in [0.29, 0.717) is 0 Å². The molecule has 2 heterocycles. The molecule has 1 fully saturated rings. The average molecular weight is 245 g/mol. The van der Waals surface area contributed by atoms with Crippen LogP contribution in [0.25, 0.3) is 0 Å². The summed E-state index contributed by atoms with van der Waals surface area (Å²) in [5, 5.41) is 0. The predicted octanol–water partition coefficient (Wildman–Crippen LogP) is 2.54. The molecule has 2 nitrogen and oxygen atoms in total. The van der Waals surface area contributed by atoms with E-state index in [9.17, 15) is 0 Å². The molecule has 1 aliphatic heterocycles. The van der Waals surface area contributed by atoms with Gasteiger partial charge in [0.05, 0.1) is 4.34 Å². The number of rotatable bonds is 3. The fourth-order valence-electron chi connectivity index (χ4n) is 1.92. The minimum atomic E-state index is 0.900. The number of nitrogens with zero attached hydrogens (tertiary/aromatic N) is 2. The molecule has 0 unspecified atom stereocenters. The van der Waals surface area contributed by atoms with Gasteiger partial charge in [-0.25, -0.2) is 0 Å². The van der Waals surface area contributed by atoms with Crippen molar-refractivity contribution in [3.8, 4) is 0 Å². The van der Waals surface area contributed by atoms with Crippen LogP contribution in [0.4, 0.5) is 0 Å². The van der Waals surface area contributed by atoms with Crippen LogP contribution in [0, 0.1) is 0 Å². The first kappa shape index (κ1) is 11.4. The maximum atomic E-state index is 5.92. The molecule has 0 aromatic carbocycles. The van der Waals surface area contributed by atoms with Gasteiger partial charge in [-0.05, 0) is 18.7 Å². The van der Waals surface area contributed by atoms with E-state index in [-0.39, 0.29) is 0 Å². The van der Waals surface area contributed by atoms with Gasteiger partial charge in [-0.2, -0.15) is 0 Å². The second-order valence-electron chi connectivity index (χ2n) is 3.92. The summed E-state index contributed by atoms with van der Waals surface area (Å²) in [5.74, 6) is 0. The third-order valence-corrected chi connectivity index (χ3v) is 4.14. The molecule has 4 heteroatoms. The molecule has 1 aromatic rings. The first-order chi connectivity index (χ1) is 7.28. The van der Waals surface area contributed by atoms with E-state index in [1.165, 1.54) is 37.6 Å². The van der Waals surface area contributed by atoms with Crippen molar-refractivity contribution >= 4 is 22.9 Å². The Labute approximate surface area is 100 Å². The van der Waals surface area contributed by atoms with Gasteiger partial charge < -0.3 is 4.90 Å². The van der Waals surface area contributed by atoms with Crippen LogP contribution in [0.15, 0.2) is 12.1 Å². The number of likely N-dealkylation sites (N-methyl/N-ethyl adjacent to an activating group) is 1. The SMILES string of the molecule is CCN1CCN(Cc2ccc(Cl)s2)CC1. The lowest BCUT2D eigenvalue weighted by molar-refractivity contribution is 0.133. The van der Waals surface area contributed by atoms with E-state index in [0.717, 1.165) is 10.9 Å². The Balaban J connectivity index is 1.82. The van der Waals surface area contributed by atoms with Crippen LogP contribution >= 0.6 is 22.9 Å². The molecule has 0 N–H and O–H groups in total. The minimum absolute atomic E-state index is 0.900. The predicted molar refractivity (Wildman–Crippen MR) is 66.7 cm³/mol. The fourth-order valence-corrected chi connectivity index (χ4v) is 3.05. The van der Waals surface area contributed by atoms with Gasteiger partial charge in [0.15, 0.2) is 0 Å². The zero-order valence-corrected chi connectivity index (χ0v) is 10.7. The summed E-state index contributed by atoms with van der Waals surface area (Å²) in [4.78, 5) is 6.39. The third kappa shape index (κ3) is 3.18. The number of halogens is 1. The standard InChI is InChI=1S/C11H17ClN2S/c1-2-13-5-7-14(8-6-13)9-10-3-4-11(12)15-10/h3-4H,2,5-9H2,1H3. The topological polar surface area (TPSA) is 6.48 Å². The van der Waals surface area contributed by atoms with Crippen molar-refractivity contribution in [1.82, 2.24) is 9.80 Å². The van der Waals surface area contributed by atoms with E-state index >= 15 is 0 Å². The Kier molecular flexibility index (Phi) is 4.03. The number of hydrogen-bond acceptors (Lipinski definition) is 3. The first-order valence-electron chi connectivity index (χ1n) is 5.47. The Morgan fingerprint density at radius 3 is 2.40 bits per heavy atom. The number of piperazine rings is 1. The van der Waals surface area contributed by atoms with Crippen LogP contribution in [-0.2, 0) is 6.54 Å². The monoisotopic (exact) mass is 244 g/mol. The normalized spacial score (nSPS) is 19.6. The highest BCUT2D eigenvalue weighted by Crippen LogP contribution is 2.22. The van der Waals surface area contributed by atoms with Gasteiger partial charge in [-0.15, -0.1) is 11.3 Å². The van der Waals surface area contributed by atoms with E-state index < -0.39 is 0 Å². The highest BCUT2D eigenvalue weighted by Gasteiger charge is 2.15. The second kappa shape index (κ2) is 5.30. The zero-order chi connectivity index (χ0) is 10.7. The van der Waals surface area contributed by atoms with Gasteiger partial charge in [0.2, 0.25) is 0 Å². The smallest absolute Gasteiger partial charge is 0.0931 e. The van der Waals surface area contributed by atoms with Crippen molar-refractivity contribution < 1.29 is 0 Å². The second-order valence-corrected chi connectivity index (χ2v) is 5.72. The molecule has 0 radical (unpaired) electrons. The lowest BCUT2D eigenvalue weighted by Crippen LogP contribution is -2.45. The summed E-state index contributed by atoms with van der Waals surface area (Å²) in [7, 11) is 0. The van der Waals surface area contributed by atoms with Crippen molar-refractivity contribution in [2.75, 3.05) is 32.7 Å². The molecule has 15 heavy (non-hydrogen) atoms. The minimum Gasteiger partial charge on any atom is -0.301 e. The zero-order valence-electron chi connectivity index (χ0n) is 9.08. The highest BCUT2D eigenvalue weighted by atomic mass is 35.5. The third-order valence-electron chi connectivity index (χ3n) is 2.92. The molecule has 0 spiro atoms. The van der Waals surface area contributed by atoms with Crippen LogP contribution in [0.1, 0.15) is 11.8 Å². The summed E-state index contributed by atoms with van der Waals surface area (Å²) in [6.45, 7) is 9.25. The lowest BCUT2D eigenvalue weighted by atomic mass is 10.3. The Bertz CT molecular complexity index is 305. The Morgan fingerprint density at radius 2 is 1.87 bits per heavy atom. The number of thiophene rings is 1. The average Bonchev–Trinajstić information content (AvgIpc) is 2.65. The van der Waals surface area contributed by atoms with Gasteiger partial charge in [-0.3, -0.25) is 4.90 Å². The Morgan fingerprint density at radius 1 is 1.20 bits per heavy atom. The van der Waals surface area contributed by atoms with E-state index in [1.807, 2.05) is 6.07 Å². The van der Waals surface area contributed by atoms with Crippen molar-refractivity contribution in [2.45, 2.75) is 13.5 Å². The van der Waals surface area contributed by atoms with Crippen LogP contribution in [0.2, 0.25) is 4.34 Å². The lowest BCUT2D eigenvalue weighted by Gasteiger charge is -2.33. The molecule has 0 atom stereocenters. The molecule has 1 aromatic heterocycles. The van der Waals surface area contributed by atoms with Crippen LogP contribution in [-0.4, -0.2) is 42.5 Å². The van der Waals surface area contributed by atoms with Gasteiger partial charge in [0.25, 0.3) is 0 Å². The summed E-state index contributed by atoms with van der Waals surface area (Å²) >= 11 is 7.61. The van der Waals surface area contributed by atoms with Crippen molar-refractivity contribution in [3.63, 3.8) is 0 Å². The number of hydrogen-bond donors (Lipinski definition) is 0. The van der Waals surface area contributed by atoms with Crippen molar-refractivity contribution in [3.05, 3.63) is 21.3 Å². The first-order valence-corrected chi connectivity index (χ1v) is 6.66. The fraction of sp³-hybridized carbons (Fsp3) is 0.636. The molecular weight excluding hydrogens is 228 g/mol. The molecular formula is C11H17ClN2S. The molecule has 0 aliphatic carbocycles. The quantitative estimate of drug-likeness (QED) is 0.807. The maximum absolute atomic E-state index is 5.92. The summed E-state index contributed by atoms with van der Waals surface area (Å²) in [5.41, 5.74) is 0. The van der Waals surface area contributed by atoms with E-state index in [1.54, 1.807) is 11.3 Å². The molecule has 2 rings (SSSR count). The summed E-state index contributed by atoms with van der Waals surface area (Å²) in [6.07, 6.45) is 0. The summed E-state index contributed by atoms with van der Waals surface area (Å²) < 4.78 is 0.900. The molecule has 1 aliphatic rings.